The quantitative estimate of drug-likeness (QED) is 0.521. The van der Waals surface area contributed by atoms with Crippen molar-refractivity contribution in [3.05, 3.63) is 55.8 Å². The smallest absolute Gasteiger partial charge is 0.352 e. The third kappa shape index (κ3) is 6.31. The van der Waals surface area contributed by atoms with Crippen molar-refractivity contribution in [2.75, 3.05) is 6.61 Å². The van der Waals surface area contributed by atoms with Gasteiger partial charge in [-0.1, -0.05) is 37.3 Å². The molecule has 1 aromatic carbocycles. The van der Waals surface area contributed by atoms with E-state index in [0.29, 0.717) is 0 Å². The fourth-order valence-electron chi connectivity index (χ4n) is 4.24. The summed E-state index contributed by atoms with van der Waals surface area (Å²) in [6, 6.07) is 4.03. The highest BCUT2D eigenvalue weighted by molar-refractivity contribution is 6.33. The number of rotatable bonds is 7. The van der Waals surface area contributed by atoms with E-state index in [0.717, 1.165) is 54.0 Å². The maximum absolute atomic E-state index is 13.0. The van der Waals surface area contributed by atoms with Crippen LogP contribution in [0, 0.1) is 5.92 Å². The van der Waals surface area contributed by atoms with E-state index in [2.05, 4.69) is 10.4 Å². The number of aromatic nitrogens is 3. The van der Waals surface area contributed by atoms with Crippen molar-refractivity contribution in [1.29, 1.82) is 0 Å². The fraction of sp³-hybridized carbons (Fsp3) is 0.565. The van der Waals surface area contributed by atoms with E-state index in [9.17, 15) is 24.6 Å². The highest BCUT2D eigenvalue weighted by atomic mass is 35.5. The molecule has 1 heterocycles. The molecule has 1 saturated carbocycles. The van der Waals surface area contributed by atoms with E-state index in [1.54, 1.807) is 0 Å². The zero-order valence-electron chi connectivity index (χ0n) is 19.0. The fourth-order valence-corrected chi connectivity index (χ4v) is 4.44. The Morgan fingerprint density at radius 3 is 2.52 bits per heavy atom. The zero-order valence-corrected chi connectivity index (χ0v) is 19.7. The van der Waals surface area contributed by atoms with Crippen molar-refractivity contribution in [2.45, 2.75) is 70.6 Å². The number of aliphatic hydroxyl groups excluding tert-OH is 1. The first-order chi connectivity index (χ1) is 15.6. The Balaban J connectivity index is 1.91. The summed E-state index contributed by atoms with van der Waals surface area (Å²) in [6.07, 6.45) is 7.34. The first-order valence-electron chi connectivity index (χ1n) is 11.2. The molecule has 1 aliphatic carbocycles. The van der Waals surface area contributed by atoms with Crippen LogP contribution in [0.25, 0.3) is 5.69 Å². The van der Waals surface area contributed by atoms with Crippen LogP contribution in [-0.2, 0) is 6.54 Å². The first-order valence-corrected chi connectivity index (χ1v) is 11.6. The van der Waals surface area contributed by atoms with E-state index in [1.807, 2.05) is 0 Å². The number of amides is 1. The lowest BCUT2D eigenvalue weighted by molar-refractivity contribution is 0.0585. The van der Waals surface area contributed by atoms with Crippen LogP contribution in [0.4, 0.5) is 0 Å². The van der Waals surface area contributed by atoms with Crippen LogP contribution in [-0.4, -0.2) is 48.7 Å². The molecule has 9 nitrogen and oxygen atoms in total. The van der Waals surface area contributed by atoms with Gasteiger partial charge in [0.2, 0.25) is 0 Å². The Bertz CT molecular complexity index is 1100. The second-order valence-electron chi connectivity index (χ2n) is 9.25. The first kappa shape index (κ1) is 25.1. The minimum Gasteiger partial charge on any atom is -0.394 e. The Hall–Kier alpha value is -2.49. The molecule has 0 aliphatic heterocycles. The minimum atomic E-state index is -1.29. The van der Waals surface area contributed by atoms with Gasteiger partial charge in [-0.3, -0.25) is 14.2 Å². The van der Waals surface area contributed by atoms with Gasteiger partial charge in [-0.05, 0) is 50.8 Å². The Morgan fingerprint density at radius 2 is 1.91 bits per heavy atom. The van der Waals surface area contributed by atoms with Gasteiger partial charge in [0.1, 0.15) is 6.20 Å². The average Bonchev–Trinajstić information content (AvgIpc) is 3.04. The van der Waals surface area contributed by atoms with Crippen molar-refractivity contribution in [3.8, 4) is 5.69 Å². The minimum absolute atomic E-state index is 0.134. The van der Waals surface area contributed by atoms with Crippen LogP contribution in [0.5, 0.6) is 0 Å². The molecule has 1 aromatic heterocycles. The summed E-state index contributed by atoms with van der Waals surface area (Å²) in [4.78, 5) is 38.0. The molecule has 0 bridgehead atoms. The van der Waals surface area contributed by atoms with Crippen LogP contribution in [0.1, 0.15) is 62.7 Å². The highest BCUT2D eigenvalue weighted by Gasteiger charge is 2.25. The number of nitrogens with zero attached hydrogens (tertiary/aromatic N) is 3. The molecule has 0 saturated heterocycles. The predicted octanol–water partition coefficient (Wildman–Crippen LogP) is 1.88. The van der Waals surface area contributed by atoms with E-state index < -0.39 is 22.8 Å². The second kappa shape index (κ2) is 10.6. The molecule has 0 radical (unpaired) electrons. The monoisotopic (exact) mass is 478 g/mol. The number of hydrogen-bond donors (Lipinski definition) is 3. The lowest BCUT2D eigenvalue weighted by Gasteiger charge is -2.25. The van der Waals surface area contributed by atoms with Gasteiger partial charge >= 0.3 is 5.69 Å². The van der Waals surface area contributed by atoms with Gasteiger partial charge in [0.05, 0.1) is 41.1 Å². The standard InChI is InChI=1S/C23H31ClN4O5/c1-23(2,33)14-27-20(30)12-25-28(22(27)32)16-9-10-18(24)17(11-16)21(31)26-19(13-29)15-7-5-3-4-6-8-15/h9-12,15,19,29,33H,3-8,13-14H2,1-2H3,(H,26,31). The summed E-state index contributed by atoms with van der Waals surface area (Å²) < 4.78 is 1.87. The Kier molecular flexibility index (Phi) is 8.10. The van der Waals surface area contributed by atoms with Crippen molar-refractivity contribution in [1.82, 2.24) is 19.7 Å². The third-order valence-corrected chi connectivity index (χ3v) is 6.26. The number of carbonyl (C=O) groups excluding carboxylic acids is 1. The van der Waals surface area contributed by atoms with Crippen LogP contribution >= 0.6 is 11.6 Å². The van der Waals surface area contributed by atoms with Gasteiger partial charge in [-0.2, -0.15) is 9.78 Å². The molecule has 1 amide bonds. The van der Waals surface area contributed by atoms with Crippen LogP contribution in [0.15, 0.2) is 34.0 Å². The number of aliphatic hydroxyl groups is 2. The maximum Gasteiger partial charge on any atom is 0.352 e. The molecule has 1 aliphatic rings. The molecular formula is C23H31ClN4O5. The molecule has 2 aromatic rings. The zero-order chi connectivity index (χ0) is 24.2. The van der Waals surface area contributed by atoms with Crippen molar-refractivity contribution < 1.29 is 15.0 Å². The topological polar surface area (TPSA) is 126 Å². The molecule has 33 heavy (non-hydrogen) atoms. The average molecular weight is 479 g/mol. The lowest BCUT2D eigenvalue weighted by atomic mass is 9.92. The molecule has 1 unspecified atom stereocenters. The van der Waals surface area contributed by atoms with Crippen molar-refractivity contribution in [3.63, 3.8) is 0 Å². The largest absolute Gasteiger partial charge is 0.394 e. The summed E-state index contributed by atoms with van der Waals surface area (Å²) in [5, 5.41) is 26.9. The van der Waals surface area contributed by atoms with Crippen LogP contribution < -0.4 is 16.6 Å². The van der Waals surface area contributed by atoms with Gasteiger partial charge in [0, 0.05) is 0 Å². The van der Waals surface area contributed by atoms with E-state index in [-0.39, 0.29) is 41.4 Å². The summed E-state index contributed by atoms with van der Waals surface area (Å²) >= 11 is 6.28. The van der Waals surface area contributed by atoms with Crippen molar-refractivity contribution in [2.24, 2.45) is 5.92 Å². The summed E-state index contributed by atoms with van der Waals surface area (Å²) in [5.41, 5.74) is -2.29. The molecule has 180 valence electrons. The Morgan fingerprint density at radius 1 is 1.24 bits per heavy atom. The van der Waals surface area contributed by atoms with E-state index in [4.69, 9.17) is 11.6 Å². The number of nitrogens with one attached hydrogen (secondary N) is 1. The predicted molar refractivity (Wildman–Crippen MR) is 125 cm³/mol. The third-order valence-electron chi connectivity index (χ3n) is 5.93. The lowest BCUT2D eigenvalue weighted by Crippen LogP contribution is -2.45. The number of carbonyl (C=O) groups is 1. The normalized spacial score (nSPS) is 16.3. The van der Waals surface area contributed by atoms with E-state index >= 15 is 0 Å². The summed E-state index contributed by atoms with van der Waals surface area (Å²) in [7, 11) is 0. The number of benzene rings is 1. The Labute approximate surface area is 197 Å². The summed E-state index contributed by atoms with van der Waals surface area (Å²) in [5.74, 6) is -0.263. The molecule has 1 fully saturated rings. The van der Waals surface area contributed by atoms with Gasteiger partial charge in [0.25, 0.3) is 11.5 Å². The van der Waals surface area contributed by atoms with Gasteiger partial charge < -0.3 is 15.5 Å². The maximum atomic E-state index is 13.0. The number of hydrogen-bond acceptors (Lipinski definition) is 6. The number of halogens is 1. The molecule has 3 N–H and O–H groups in total. The van der Waals surface area contributed by atoms with Crippen LogP contribution in [0.2, 0.25) is 5.02 Å². The SMILES string of the molecule is CC(C)(O)Cn1c(=O)cnn(-c2ccc(Cl)c(C(=O)NC(CO)C3CCCCCC3)c2)c1=O. The molecule has 1 atom stereocenters. The summed E-state index contributed by atoms with van der Waals surface area (Å²) in [6.45, 7) is 2.59. The van der Waals surface area contributed by atoms with Crippen LogP contribution in [0.3, 0.4) is 0 Å². The van der Waals surface area contributed by atoms with E-state index in [1.165, 1.54) is 32.0 Å². The van der Waals surface area contributed by atoms with Gasteiger partial charge in [0.15, 0.2) is 0 Å². The molecule has 3 rings (SSSR count). The molecular weight excluding hydrogens is 448 g/mol. The second-order valence-corrected chi connectivity index (χ2v) is 9.66. The molecule has 10 heteroatoms. The molecule has 0 spiro atoms. The highest BCUT2D eigenvalue weighted by Crippen LogP contribution is 2.26. The van der Waals surface area contributed by atoms with Gasteiger partial charge in [-0.25, -0.2) is 4.79 Å². The van der Waals surface area contributed by atoms with Crippen molar-refractivity contribution >= 4 is 17.5 Å². The van der Waals surface area contributed by atoms with Gasteiger partial charge in [-0.15, -0.1) is 0 Å².